The Labute approximate surface area is 145 Å². The zero-order valence-corrected chi connectivity index (χ0v) is 14.1. The van der Waals surface area contributed by atoms with Crippen molar-refractivity contribution in [2.75, 3.05) is 0 Å². The number of benzene rings is 1. The molecule has 5 rings (SSSR count). The van der Waals surface area contributed by atoms with Gasteiger partial charge in [0, 0.05) is 6.54 Å². The molecule has 0 bridgehead atoms. The molecule has 6 heteroatoms. The van der Waals surface area contributed by atoms with E-state index in [1.807, 2.05) is 24.8 Å². The third kappa shape index (κ3) is 2.54. The summed E-state index contributed by atoms with van der Waals surface area (Å²) in [5.74, 6) is 1.59. The van der Waals surface area contributed by atoms with Gasteiger partial charge in [-0.3, -0.25) is 0 Å². The highest BCUT2D eigenvalue weighted by molar-refractivity contribution is 5.75. The molecule has 0 aliphatic heterocycles. The predicted molar refractivity (Wildman–Crippen MR) is 96.1 cm³/mol. The van der Waals surface area contributed by atoms with Crippen LogP contribution in [-0.2, 0) is 6.54 Å². The largest absolute Gasteiger partial charge is 0.334 e. The summed E-state index contributed by atoms with van der Waals surface area (Å²) in [7, 11) is 0. The number of aromatic amines is 1. The van der Waals surface area contributed by atoms with E-state index in [4.69, 9.17) is 4.98 Å². The lowest BCUT2D eigenvalue weighted by molar-refractivity contribution is 0.451. The lowest BCUT2D eigenvalue weighted by Crippen LogP contribution is -2.09. The number of hydrogen-bond acceptors (Lipinski definition) is 3. The van der Waals surface area contributed by atoms with Crippen molar-refractivity contribution < 1.29 is 0 Å². The molecule has 0 spiro atoms. The van der Waals surface area contributed by atoms with Gasteiger partial charge >= 0.3 is 0 Å². The summed E-state index contributed by atoms with van der Waals surface area (Å²) in [6, 6.07) is 10.8. The average molecular weight is 332 g/mol. The van der Waals surface area contributed by atoms with Crippen molar-refractivity contribution in [1.82, 2.24) is 29.3 Å². The van der Waals surface area contributed by atoms with Crippen LogP contribution >= 0.6 is 0 Å². The van der Waals surface area contributed by atoms with Crippen molar-refractivity contribution in [3.05, 3.63) is 54.6 Å². The van der Waals surface area contributed by atoms with Gasteiger partial charge in [-0.05, 0) is 31.2 Å². The summed E-state index contributed by atoms with van der Waals surface area (Å²) in [6.45, 7) is 3.01. The number of fused-ring (bicyclic) bond motifs is 1. The minimum absolute atomic E-state index is 0.405. The van der Waals surface area contributed by atoms with Crippen molar-refractivity contribution >= 4 is 11.2 Å². The van der Waals surface area contributed by atoms with Gasteiger partial charge in [-0.1, -0.05) is 30.3 Å². The number of aromatic nitrogens is 6. The first kappa shape index (κ1) is 14.5. The molecule has 0 unspecified atom stereocenters. The van der Waals surface area contributed by atoms with Gasteiger partial charge in [0.2, 0.25) is 0 Å². The smallest absolute Gasteiger partial charge is 0.177 e. The first-order chi connectivity index (χ1) is 12.3. The molecule has 0 radical (unpaired) electrons. The molecule has 4 aromatic rings. The molecule has 1 fully saturated rings. The van der Waals surface area contributed by atoms with Crippen LogP contribution in [0.2, 0.25) is 0 Å². The maximum Gasteiger partial charge on any atom is 0.177 e. The molecule has 126 valence electrons. The molecule has 1 saturated carbocycles. The number of nitrogens with zero attached hydrogens (tertiary/aromatic N) is 5. The van der Waals surface area contributed by atoms with Crippen LogP contribution in [0, 0.1) is 5.92 Å². The average Bonchev–Trinajstić information content (AvgIpc) is 3.05. The predicted octanol–water partition coefficient (Wildman–Crippen LogP) is 3.64. The van der Waals surface area contributed by atoms with Gasteiger partial charge in [-0.25, -0.2) is 14.6 Å². The highest BCUT2D eigenvalue weighted by Crippen LogP contribution is 2.40. The van der Waals surface area contributed by atoms with Gasteiger partial charge in [-0.15, -0.1) is 0 Å². The van der Waals surface area contributed by atoms with Gasteiger partial charge < -0.3 is 9.55 Å². The highest BCUT2D eigenvalue weighted by atomic mass is 15.3. The Bertz CT molecular complexity index is 1010. The van der Waals surface area contributed by atoms with Gasteiger partial charge in [0.1, 0.15) is 11.2 Å². The van der Waals surface area contributed by atoms with Crippen molar-refractivity contribution in [1.29, 1.82) is 0 Å². The lowest BCUT2D eigenvalue weighted by atomic mass is 10.2. The van der Waals surface area contributed by atoms with Gasteiger partial charge in [0.15, 0.2) is 11.5 Å². The maximum atomic E-state index is 4.83. The zero-order chi connectivity index (χ0) is 16.8. The maximum absolute atomic E-state index is 4.83. The fraction of sp³-hybridized carbons (Fsp3) is 0.316. The summed E-state index contributed by atoms with van der Waals surface area (Å²) in [5, 5.41) is 4.53. The molecular formula is C19H20N6. The van der Waals surface area contributed by atoms with Crippen molar-refractivity contribution in [3.63, 3.8) is 0 Å². The second-order valence-electron chi connectivity index (χ2n) is 6.88. The first-order valence-electron chi connectivity index (χ1n) is 8.77. The topological polar surface area (TPSA) is 64.3 Å². The van der Waals surface area contributed by atoms with E-state index in [-0.39, 0.29) is 0 Å². The van der Waals surface area contributed by atoms with Crippen LogP contribution < -0.4 is 0 Å². The van der Waals surface area contributed by atoms with Crippen molar-refractivity contribution in [2.24, 2.45) is 5.92 Å². The third-order valence-electron chi connectivity index (χ3n) is 5.08. The normalized spacial score (nSPS) is 15.7. The van der Waals surface area contributed by atoms with E-state index >= 15 is 0 Å². The van der Waals surface area contributed by atoms with Crippen LogP contribution in [0.15, 0.2) is 49.1 Å². The Kier molecular flexibility index (Phi) is 3.23. The van der Waals surface area contributed by atoms with Crippen LogP contribution in [0.5, 0.6) is 0 Å². The summed E-state index contributed by atoms with van der Waals surface area (Å²) in [6.07, 6.45) is 8.19. The molecular weight excluding hydrogens is 312 g/mol. The Balaban J connectivity index is 1.50. The summed E-state index contributed by atoms with van der Waals surface area (Å²) in [4.78, 5) is 12.6. The minimum Gasteiger partial charge on any atom is -0.334 e. The molecule has 1 N–H and O–H groups in total. The molecule has 1 aromatic carbocycles. The molecule has 0 amide bonds. The SMILES string of the molecule is C[C@H](C1CC1)n1ncc2[nH]c(-c3cncn3Cc3ccccc3)nc21. The second-order valence-corrected chi connectivity index (χ2v) is 6.88. The fourth-order valence-electron chi connectivity index (χ4n) is 3.44. The lowest BCUT2D eigenvalue weighted by Gasteiger charge is -2.10. The molecule has 1 aliphatic carbocycles. The number of rotatable bonds is 5. The molecule has 0 saturated heterocycles. The molecule has 6 nitrogen and oxygen atoms in total. The Morgan fingerprint density at radius 1 is 1.20 bits per heavy atom. The monoisotopic (exact) mass is 332 g/mol. The standard InChI is InChI=1S/C19H20N6/c1-13(15-7-8-15)25-19-16(9-21-25)22-18(23-19)17-10-20-12-24(17)11-14-5-3-2-4-6-14/h2-6,9-10,12-13,15H,7-8,11H2,1H3,(H,22,23)/t13-/m1/s1. The fourth-order valence-corrected chi connectivity index (χ4v) is 3.44. The zero-order valence-electron chi connectivity index (χ0n) is 14.1. The van der Waals surface area contributed by atoms with Crippen molar-refractivity contribution in [3.8, 4) is 11.5 Å². The molecule has 3 aromatic heterocycles. The Hall–Kier alpha value is -2.89. The van der Waals surface area contributed by atoms with Crippen LogP contribution in [0.4, 0.5) is 0 Å². The second kappa shape index (κ2) is 5.58. The Morgan fingerprint density at radius 2 is 2.04 bits per heavy atom. The van der Waals surface area contributed by atoms with Crippen LogP contribution in [0.3, 0.4) is 0 Å². The van der Waals surface area contributed by atoms with Gasteiger partial charge in [0.05, 0.1) is 24.8 Å². The van der Waals surface area contributed by atoms with Gasteiger partial charge in [-0.2, -0.15) is 5.10 Å². The van der Waals surface area contributed by atoms with Crippen molar-refractivity contribution in [2.45, 2.75) is 32.4 Å². The highest BCUT2D eigenvalue weighted by Gasteiger charge is 2.31. The van der Waals surface area contributed by atoms with E-state index in [1.54, 1.807) is 0 Å². The van der Waals surface area contributed by atoms with E-state index in [1.165, 1.54) is 18.4 Å². The number of hydrogen-bond donors (Lipinski definition) is 1. The quantitative estimate of drug-likeness (QED) is 0.607. The van der Waals surface area contributed by atoms with E-state index in [0.717, 1.165) is 35.1 Å². The van der Waals surface area contributed by atoms with E-state index in [9.17, 15) is 0 Å². The summed E-state index contributed by atoms with van der Waals surface area (Å²) in [5.41, 5.74) is 4.15. The van der Waals surface area contributed by atoms with Crippen LogP contribution in [0.25, 0.3) is 22.7 Å². The number of nitrogens with one attached hydrogen (secondary N) is 1. The first-order valence-corrected chi connectivity index (χ1v) is 8.77. The summed E-state index contributed by atoms with van der Waals surface area (Å²) < 4.78 is 4.18. The molecule has 3 heterocycles. The molecule has 1 aliphatic rings. The molecule has 1 atom stereocenters. The molecule has 25 heavy (non-hydrogen) atoms. The van der Waals surface area contributed by atoms with E-state index in [2.05, 4.69) is 55.5 Å². The summed E-state index contributed by atoms with van der Waals surface area (Å²) >= 11 is 0. The van der Waals surface area contributed by atoms with E-state index in [0.29, 0.717) is 6.04 Å². The van der Waals surface area contributed by atoms with Crippen LogP contribution in [0.1, 0.15) is 31.4 Å². The van der Waals surface area contributed by atoms with E-state index < -0.39 is 0 Å². The van der Waals surface area contributed by atoms with Gasteiger partial charge in [0.25, 0.3) is 0 Å². The number of H-pyrrole nitrogens is 1. The van der Waals surface area contributed by atoms with Crippen LogP contribution in [-0.4, -0.2) is 29.3 Å². The number of imidazole rings is 2. The minimum atomic E-state index is 0.405. The third-order valence-corrected chi connectivity index (χ3v) is 5.08. The Morgan fingerprint density at radius 3 is 2.84 bits per heavy atom.